The molecule has 1 heterocycles. The third-order valence-electron chi connectivity index (χ3n) is 3.62. The van der Waals surface area contributed by atoms with Crippen molar-refractivity contribution in [3.8, 4) is 11.4 Å². The molecule has 0 spiro atoms. The van der Waals surface area contributed by atoms with Crippen LogP contribution in [0.25, 0.3) is 11.4 Å². The van der Waals surface area contributed by atoms with Crippen LogP contribution in [0.3, 0.4) is 0 Å². The fourth-order valence-corrected chi connectivity index (χ4v) is 2.40. The van der Waals surface area contributed by atoms with E-state index in [0.717, 1.165) is 11.1 Å². The molecular weight excluding hydrogens is 340 g/mol. The minimum absolute atomic E-state index is 0.342. The number of anilines is 2. The molecule has 2 aromatic carbocycles. The Morgan fingerprint density at radius 2 is 1.92 bits per heavy atom. The van der Waals surface area contributed by atoms with E-state index >= 15 is 0 Å². The van der Waals surface area contributed by atoms with Gasteiger partial charge in [0.25, 0.3) is 0 Å². The van der Waals surface area contributed by atoms with E-state index in [1.807, 2.05) is 32.0 Å². The Bertz CT molecular complexity index is 890. The fraction of sp³-hybridized carbons (Fsp3) is 0.167. The molecule has 7 heteroatoms. The van der Waals surface area contributed by atoms with Gasteiger partial charge in [-0.05, 0) is 48.9 Å². The largest absolute Gasteiger partial charge is 0.339 e. The first-order valence-electron chi connectivity index (χ1n) is 7.82. The second-order valence-electron chi connectivity index (χ2n) is 5.48. The maximum Gasteiger partial charge on any atom is 0.323 e. The Kier molecular flexibility index (Phi) is 5.00. The van der Waals surface area contributed by atoms with Crippen molar-refractivity contribution < 1.29 is 9.32 Å². The highest BCUT2D eigenvalue weighted by atomic mass is 35.5. The van der Waals surface area contributed by atoms with E-state index in [0.29, 0.717) is 34.5 Å². The van der Waals surface area contributed by atoms with Crippen LogP contribution in [0.4, 0.5) is 16.2 Å². The summed E-state index contributed by atoms with van der Waals surface area (Å²) < 4.78 is 5.10. The number of carbonyl (C=O) groups is 1. The number of aryl methyl sites for hydroxylation is 2. The van der Waals surface area contributed by atoms with Crippen molar-refractivity contribution >= 4 is 29.0 Å². The quantitative estimate of drug-likeness (QED) is 0.696. The molecule has 0 atom stereocenters. The highest BCUT2D eigenvalue weighted by molar-refractivity contribution is 6.31. The van der Waals surface area contributed by atoms with Gasteiger partial charge in [-0.2, -0.15) is 4.98 Å². The zero-order chi connectivity index (χ0) is 17.8. The number of hydrogen-bond acceptors (Lipinski definition) is 4. The summed E-state index contributed by atoms with van der Waals surface area (Å²) in [5, 5.41) is 10.0. The second-order valence-corrected chi connectivity index (χ2v) is 5.92. The molecule has 0 aliphatic rings. The van der Waals surface area contributed by atoms with E-state index in [1.165, 1.54) is 0 Å². The highest BCUT2D eigenvalue weighted by Crippen LogP contribution is 2.21. The maximum absolute atomic E-state index is 12.1. The molecule has 0 fully saturated rings. The van der Waals surface area contributed by atoms with Crippen LogP contribution in [-0.2, 0) is 6.42 Å². The first-order chi connectivity index (χ1) is 12.0. The van der Waals surface area contributed by atoms with E-state index in [4.69, 9.17) is 16.1 Å². The molecule has 0 aliphatic heterocycles. The Balaban J connectivity index is 1.66. The van der Waals surface area contributed by atoms with Crippen LogP contribution < -0.4 is 10.6 Å². The van der Waals surface area contributed by atoms with E-state index < -0.39 is 0 Å². The summed E-state index contributed by atoms with van der Waals surface area (Å²) in [6.45, 7) is 3.85. The minimum atomic E-state index is -0.342. The summed E-state index contributed by atoms with van der Waals surface area (Å²) >= 11 is 5.96. The zero-order valence-electron chi connectivity index (χ0n) is 13.8. The van der Waals surface area contributed by atoms with E-state index in [2.05, 4.69) is 20.8 Å². The molecule has 128 valence electrons. The number of aromatic nitrogens is 2. The summed E-state index contributed by atoms with van der Waals surface area (Å²) in [5.41, 5.74) is 3.07. The lowest BCUT2D eigenvalue weighted by molar-refractivity contribution is 0.262. The summed E-state index contributed by atoms with van der Waals surface area (Å²) in [6.07, 6.45) is 0.690. The van der Waals surface area contributed by atoms with Crippen molar-refractivity contribution in [3.05, 3.63) is 58.9 Å². The number of benzene rings is 2. The molecular formula is C18H17ClN4O2. The number of nitrogens with one attached hydrogen (secondary N) is 2. The number of rotatable bonds is 4. The Morgan fingerprint density at radius 3 is 2.60 bits per heavy atom. The molecule has 0 saturated heterocycles. The molecule has 2 N–H and O–H groups in total. The van der Waals surface area contributed by atoms with Gasteiger partial charge in [-0.15, -0.1) is 0 Å². The standard InChI is InChI=1S/C18H17ClN4O2/c1-3-16-22-17(23-25-16)12-5-8-14(9-6-12)20-18(24)21-15-10-13(19)7-4-11(15)2/h4-10H,3H2,1-2H3,(H2,20,21,24). The van der Waals surface area contributed by atoms with E-state index in [9.17, 15) is 4.79 Å². The topological polar surface area (TPSA) is 80.0 Å². The first kappa shape index (κ1) is 17.0. The summed E-state index contributed by atoms with van der Waals surface area (Å²) in [4.78, 5) is 16.4. The van der Waals surface area contributed by atoms with Crippen LogP contribution in [-0.4, -0.2) is 16.2 Å². The fourth-order valence-electron chi connectivity index (χ4n) is 2.23. The van der Waals surface area contributed by atoms with Gasteiger partial charge in [-0.3, -0.25) is 0 Å². The van der Waals surface area contributed by atoms with Crippen LogP contribution in [0.5, 0.6) is 0 Å². The number of nitrogens with zero attached hydrogens (tertiary/aromatic N) is 2. The molecule has 3 aromatic rings. The molecule has 0 aliphatic carbocycles. The number of amides is 2. The lowest BCUT2D eigenvalue weighted by atomic mass is 10.2. The monoisotopic (exact) mass is 356 g/mol. The number of hydrogen-bond donors (Lipinski definition) is 2. The van der Waals surface area contributed by atoms with Gasteiger partial charge in [0, 0.05) is 28.4 Å². The molecule has 6 nitrogen and oxygen atoms in total. The second kappa shape index (κ2) is 7.36. The summed E-state index contributed by atoms with van der Waals surface area (Å²) in [7, 11) is 0. The molecule has 25 heavy (non-hydrogen) atoms. The number of halogens is 1. The van der Waals surface area contributed by atoms with Crippen molar-refractivity contribution in [2.75, 3.05) is 10.6 Å². The van der Waals surface area contributed by atoms with Crippen molar-refractivity contribution in [2.24, 2.45) is 0 Å². The molecule has 3 rings (SSSR count). The Labute approximate surface area is 150 Å². The van der Waals surface area contributed by atoms with Gasteiger partial charge in [0.05, 0.1) is 0 Å². The molecule has 1 aromatic heterocycles. The average Bonchev–Trinajstić information content (AvgIpc) is 3.08. The predicted octanol–water partition coefficient (Wildman–Crippen LogP) is 4.90. The molecule has 0 radical (unpaired) electrons. The van der Waals surface area contributed by atoms with Crippen LogP contribution in [0, 0.1) is 6.92 Å². The smallest absolute Gasteiger partial charge is 0.323 e. The van der Waals surface area contributed by atoms with Crippen molar-refractivity contribution in [3.63, 3.8) is 0 Å². The van der Waals surface area contributed by atoms with Gasteiger partial charge >= 0.3 is 6.03 Å². The van der Waals surface area contributed by atoms with Crippen LogP contribution >= 0.6 is 11.6 Å². The number of urea groups is 1. The Hall–Kier alpha value is -2.86. The third kappa shape index (κ3) is 4.16. The van der Waals surface area contributed by atoms with Gasteiger partial charge in [0.1, 0.15) is 0 Å². The maximum atomic E-state index is 12.1. The minimum Gasteiger partial charge on any atom is -0.339 e. The molecule has 0 bridgehead atoms. The van der Waals surface area contributed by atoms with Crippen LogP contribution in [0.15, 0.2) is 47.0 Å². The summed E-state index contributed by atoms with van der Waals surface area (Å²) in [6, 6.07) is 12.2. The third-order valence-corrected chi connectivity index (χ3v) is 3.85. The average molecular weight is 357 g/mol. The van der Waals surface area contributed by atoms with Crippen LogP contribution in [0.2, 0.25) is 5.02 Å². The van der Waals surface area contributed by atoms with Crippen molar-refractivity contribution in [1.29, 1.82) is 0 Å². The normalized spacial score (nSPS) is 10.5. The summed E-state index contributed by atoms with van der Waals surface area (Å²) in [5.74, 6) is 1.12. The van der Waals surface area contributed by atoms with Crippen molar-refractivity contribution in [2.45, 2.75) is 20.3 Å². The Morgan fingerprint density at radius 1 is 1.16 bits per heavy atom. The molecule has 2 amide bonds. The molecule has 0 saturated carbocycles. The van der Waals surface area contributed by atoms with E-state index in [1.54, 1.807) is 24.3 Å². The van der Waals surface area contributed by atoms with Gasteiger partial charge in [0.15, 0.2) is 0 Å². The van der Waals surface area contributed by atoms with Gasteiger partial charge in [-0.1, -0.05) is 29.7 Å². The van der Waals surface area contributed by atoms with Gasteiger partial charge in [0.2, 0.25) is 11.7 Å². The highest BCUT2D eigenvalue weighted by Gasteiger charge is 2.09. The zero-order valence-corrected chi connectivity index (χ0v) is 14.6. The van der Waals surface area contributed by atoms with Gasteiger partial charge in [-0.25, -0.2) is 4.79 Å². The molecule has 0 unspecified atom stereocenters. The lowest BCUT2D eigenvalue weighted by Crippen LogP contribution is -2.19. The SMILES string of the molecule is CCc1nc(-c2ccc(NC(=O)Nc3cc(Cl)ccc3C)cc2)no1. The predicted molar refractivity (Wildman–Crippen MR) is 97.9 cm³/mol. The van der Waals surface area contributed by atoms with Crippen LogP contribution in [0.1, 0.15) is 18.4 Å². The van der Waals surface area contributed by atoms with Gasteiger partial charge < -0.3 is 15.2 Å². The first-order valence-corrected chi connectivity index (χ1v) is 8.20. The number of carbonyl (C=O) groups excluding carboxylic acids is 1. The van der Waals surface area contributed by atoms with Crippen molar-refractivity contribution in [1.82, 2.24) is 10.1 Å². The lowest BCUT2D eigenvalue weighted by Gasteiger charge is -2.10. The van der Waals surface area contributed by atoms with E-state index in [-0.39, 0.29) is 6.03 Å².